The number of nitrogens with one attached hydrogen (secondary N) is 1. The average Bonchev–Trinajstić information content (AvgIpc) is 3.29. The summed E-state index contributed by atoms with van der Waals surface area (Å²) in [4.78, 5) is 30.1. The van der Waals surface area contributed by atoms with Crippen molar-refractivity contribution in [3.05, 3.63) is 52.7 Å². The molecule has 3 aromatic rings. The van der Waals surface area contributed by atoms with Crippen LogP contribution in [0.25, 0.3) is 16.6 Å². The third-order valence-electron chi connectivity index (χ3n) is 6.37. The molecular formula is C24H32FN5O2. The normalized spacial score (nSPS) is 15.6. The summed E-state index contributed by atoms with van der Waals surface area (Å²) >= 11 is 0. The van der Waals surface area contributed by atoms with E-state index in [0.717, 1.165) is 51.2 Å². The maximum Gasteiger partial charge on any atom is 0.275 e. The van der Waals surface area contributed by atoms with Gasteiger partial charge >= 0.3 is 0 Å². The number of rotatable bonds is 9. The molecule has 0 spiro atoms. The minimum Gasteiger partial charge on any atom is -0.356 e. The Balaban J connectivity index is 1.27. The number of aryl methyl sites for hydroxylation is 1. The third kappa shape index (κ3) is 5.02. The highest BCUT2D eigenvalue weighted by Crippen LogP contribution is 2.17. The first-order chi connectivity index (χ1) is 15.6. The van der Waals surface area contributed by atoms with Gasteiger partial charge in [-0.3, -0.25) is 9.59 Å². The molecule has 4 rings (SSSR count). The van der Waals surface area contributed by atoms with Crippen molar-refractivity contribution in [1.29, 1.82) is 0 Å². The number of aromatic nitrogens is 2. The van der Waals surface area contributed by atoms with Gasteiger partial charge in [-0.15, -0.1) is 0 Å². The quantitative estimate of drug-likeness (QED) is 0.518. The number of amides is 1. The molecule has 0 radical (unpaired) electrons. The van der Waals surface area contributed by atoms with E-state index in [2.05, 4.69) is 22.0 Å². The van der Waals surface area contributed by atoms with E-state index < -0.39 is 0 Å². The second kappa shape index (κ2) is 10.3. The van der Waals surface area contributed by atoms with Gasteiger partial charge in [0.25, 0.3) is 5.56 Å². The Morgan fingerprint density at radius 2 is 1.78 bits per heavy atom. The first-order valence-electron chi connectivity index (χ1n) is 11.6. The number of fused-ring (bicyclic) bond motifs is 3. The largest absolute Gasteiger partial charge is 0.356 e. The lowest BCUT2D eigenvalue weighted by atomic mass is 10.2. The first kappa shape index (κ1) is 22.5. The molecule has 0 bridgehead atoms. The first-order valence-corrected chi connectivity index (χ1v) is 11.6. The van der Waals surface area contributed by atoms with Gasteiger partial charge in [-0.25, -0.2) is 4.39 Å². The Morgan fingerprint density at radius 1 is 1.00 bits per heavy atom. The van der Waals surface area contributed by atoms with E-state index in [1.54, 1.807) is 33.4 Å². The number of hydrogen-bond acceptors (Lipinski definition) is 4. The Hall–Kier alpha value is -2.71. The SMILES string of the molecule is CCN1CCN(CCCNC(=O)CCCn2c(=O)c3cccn3c3ccc(F)cc32)CC1. The molecule has 1 aliphatic rings. The van der Waals surface area contributed by atoms with Crippen LogP contribution >= 0.6 is 0 Å². The van der Waals surface area contributed by atoms with E-state index in [1.807, 2.05) is 0 Å². The third-order valence-corrected chi connectivity index (χ3v) is 6.37. The van der Waals surface area contributed by atoms with Crippen molar-refractivity contribution in [2.75, 3.05) is 45.8 Å². The predicted octanol–water partition coefficient (Wildman–Crippen LogP) is 2.32. The molecule has 0 atom stereocenters. The molecule has 1 amide bonds. The zero-order chi connectivity index (χ0) is 22.5. The fourth-order valence-corrected chi connectivity index (χ4v) is 4.50. The summed E-state index contributed by atoms with van der Waals surface area (Å²) in [7, 11) is 0. The lowest BCUT2D eigenvalue weighted by Crippen LogP contribution is -2.46. The van der Waals surface area contributed by atoms with Crippen LogP contribution in [0.1, 0.15) is 26.2 Å². The van der Waals surface area contributed by atoms with Crippen LogP contribution in [0.5, 0.6) is 0 Å². The average molecular weight is 442 g/mol. The van der Waals surface area contributed by atoms with Crippen molar-refractivity contribution in [3.63, 3.8) is 0 Å². The fraction of sp³-hybridized carbons (Fsp3) is 0.500. The molecule has 2 aromatic heterocycles. The van der Waals surface area contributed by atoms with Gasteiger partial charge in [0.2, 0.25) is 5.91 Å². The monoisotopic (exact) mass is 441 g/mol. The Kier molecular flexibility index (Phi) is 7.22. The molecule has 0 unspecified atom stereocenters. The van der Waals surface area contributed by atoms with Gasteiger partial charge in [0, 0.05) is 51.9 Å². The molecule has 172 valence electrons. The molecule has 32 heavy (non-hydrogen) atoms. The van der Waals surface area contributed by atoms with Gasteiger partial charge in [-0.2, -0.15) is 0 Å². The molecule has 1 saturated heterocycles. The smallest absolute Gasteiger partial charge is 0.275 e. The highest BCUT2D eigenvalue weighted by molar-refractivity contribution is 5.79. The molecule has 1 aromatic carbocycles. The summed E-state index contributed by atoms with van der Waals surface area (Å²) in [5.74, 6) is -0.390. The number of benzene rings is 1. The van der Waals surface area contributed by atoms with Gasteiger partial charge < -0.3 is 24.1 Å². The number of carbonyl (C=O) groups excluding carboxylic acids is 1. The molecule has 7 nitrogen and oxygen atoms in total. The van der Waals surface area contributed by atoms with Crippen molar-refractivity contribution in [3.8, 4) is 0 Å². The number of carbonyl (C=O) groups is 1. The number of piperazine rings is 1. The number of halogens is 1. The van der Waals surface area contributed by atoms with Gasteiger partial charge in [0.15, 0.2) is 0 Å². The predicted molar refractivity (Wildman–Crippen MR) is 125 cm³/mol. The summed E-state index contributed by atoms with van der Waals surface area (Å²) in [6.07, 6.45) is 3.60. The van der Waals surface area contributed by atoms with Crippen molar-refractivity contribution < 1.29 is 9.18 Å². The number of likely N-dealkylation sites (N-methyl/N-ethyl adjacent to an activating group) is 1. The lowest BCUT2D eigenvalue weighted by molar-refractivity contribution is -0.121. The number of hydrogen-bond donors (Lipinski definition) is 1. The van der Waals surface area contributed by atoms with Crippen LogP contribution < -0.4 is 10.9 Å². The maximum absolute atomic E-state index is 13.9. The second-order valence-corrected chi connectivity index (χ2v) is 8.44. The minimum atomic E-state index is -0.383. The van der Waals surface area contributed by atoms with E-state index in [9.17, 15) is 14.0 Å². The Bertz CT molecular complexity index is 1130. The highest BCUT2D eigenvalue weighted by atomic mass is 19.1. The van der Waals surface area contributed by atoms with Crippen molar-refractivity contribution >= 4 is 22.5 Å². The van der Waals surface area contributed by atoms with Gasteiger partial charge in [0.1, 0.15) is 11.3 Å². The molecule has 0 saturated carbocycles. The summed E-state index contributed by atoms with van der Waals surface area (Å²) in [6.45, 7) is 9.77. The molecule has 1 N–H and O–H groups in total. The topological polar surface area (TPSA) is 62.0 Å². The van der Waals surface area contributed by atoms with Gasteiger partial charge in [-0.1, -0.05) is 6.92 Å². The fourth-order valence-electron chi connectivity index (χ4n) is 4.50. The zero-order valence-electron chi connectivity index (χ0n) is 18.7. The summed E-state index contributed by atoms with van der Waals surface area (Å²) in [5.41, 5.74) is 1.70. The summed E-state index contributed by atoms with van der Waals surface area (Å²) in [6, 6.07) is 8.03. The highest BCUT2D eigenvalue weighted by Gasteiger charge is 2.15. The van der Waals surface area contributed by atoms with Crippen molar-refractivity contribution in [2.24, 2.45) is 0 Å². The van der Waals surface area contributed by atoms with E-state index in [0.29, 0.717) is 37.0 Å². The summed E-state index contributed by atoms with van der Waals surface area (Å²) < 4.78 is 17.2. The van der Waals surface area contributed by atoms with Crippen molar-refractivity contribution in [1.82, 2.24) is 24.1 Å². The number of nitrogens with zero attached hydrogens (tertiary/aromatic N) is 4. The molecule has 8 heteroatoms. The van der Waals surface area contributed by atoms with Gasteiger partial charge in [-0.05, 0) is 56.3 Å². The standard InChI is InChI=1S/C24H32FN5O2/c1-2-27-14-16-28(17-15-27)11-5-10-26-23(31)7-4-13-30-22-18-19(25)8-9-20(22)29-12-3-6-21(29)24(30)32/h3,6,8-9,12,18H,2,4-5,7,10-11,13-17H2,1H3,(H,26,31). The van der Waals surface area contributed by atoms with Crippen molar-refractivity contribution in [2.45, 2.75) is 32.7 Å². The van der Waals surface area contributed by atoms with Crippen LogP contribution in [-0.2, 0) is 11.3 Å². The maximum atomic E-state index is 13.9. The van der Waals surface area contributed by atoms with Crippen LogP contribution in [0.15, 0.2) is 41.3 Å². The molecule has 1 aliphatic heterocycles. The molecule has 1 fully saturated rings. The zero-order valence-corrected chi connectivity index (χ0v) is 18.7. The van der Waals surface area contributed by atoms with Crippen LogP contribution in [0.4, 0.5) is 4.39 Å². The Morgan fingerprint density at radius 3 is 2.56 bits per heavy atom. The summed E-state index contributed by atoms with van der Waals surface area (Å²) in [5, 5.41) is 2.99. The second-order valence-electron chi connectivity index (χ2n) is 8.44. The van der Waals surface area contributed by atoms with Gasteiger partial charge in [0.05, 0.1) is 11.0 Å². The Labute approximate surface area is 187 Å². The van der Waals surface area contributed by atoms with Crippen LogP contribution in [0, 0.1) is 5.82 Å². The van der Waals surface area contributed by atoms with E-state index in [-0.39, 0.29) is 17.3 Å². The molecular weight excluding hydrogens is 409 g/mol. The van der Waals surface area contributed by atoms with Crippen LogP contribution in [0.2, 0.25) is 0 Å². The van der Waals surface area contributed by atoms with E-state index >= 15 is 0 Å². The molecule has 3 heterocycles. The van der Waals surface area contributed by atoms with Crippen LogP contribution in [-0.4, -0.2) is 70.5 Å². The lowest BCUT2D eigenvalue weighted by Gasteiger charge is -2.33. The molecule has 0 aliphatic carbocycles. The van der Waals surface area contributed by atoms with E-state index in [4.69, 9.17) is 0 Å². The van der Waals surface area contributed by atoms with E-state index in [1.165, 1.54) is 12.1 Å². The minimum absolute atomic E-state index is 0.00639. The van der Waals surface area contributed by atoms with Crippen LogP contribution in [0.3, 0.4) is 0 Å².